The Bertz CT molecular complexity index is 581. The van der Waals surface area contributed by atoms with E-state index in [0.717, 1.165) is 12.8 Å². The second kappa shape index (κ2) is 6.49. The summed E-state index contributed by atoms with van der Waals surface area (Å²) in [5, 5.41) is 0. The second-order valence-electron chi connectivity index (χ2n) is 6.98. The molecule has 7 nitrogen and oxygen atoms in total. The first-order valence-electron chi connectivity index (χ1n) is 7.80. The third kappa shape index (κ3) is 3.75. The van der Waals surface area contributed by atoms with Crippen molar-refractivity contribution in [2.75, 3.05) is 25.6 Å². The highest BCUT2D eigenvalue weighted by molar-refractivity contribution is 7.85. The van der Waals surface area contributed by atoms with Gasteiger partial charge in [-0.1, -0.05) is 13.8 Å². The van der Waals surface area contributed by atoms with Gasteiger partial charge in [0, 0.05) is 18.4 Å². The summed E-state index contributed by atoms with van der Waals surface area (Å²) in [6, 6.07) is 0. The van der Waals surface area contributed by atoms with Crippen LogP contribution in [0.15, 0.2) is 0 Å². The molecule has 2 fully saturated rings. The van der Waals surface area contributed by atoms with Gasteiger partial charge in [-0.2, -0.15) is 8.42 Å². The molecule has 0 radical (unpaired) electrons. The summed E-state index contributed by atoms with van der Waals surface area (Å²) in [4.78, 5) is 23.7. The maximum atomic E-state index is 12.3. The minimum absolute atomic E-state index is 0.0244. The molecule has 0 aromatic heterocycles. The first kappa shape index (κ1) is 18.4. The molecule has 0 amide bonds. The molecule has 1 N–H and O–H groups in total. The fourth-order valence-corrected chi connectivity index (χ4v) is 4.35. The Morgan fingerprint density at radius 3 is 2.57 bits per heavy atom. The van der Waals surface area contributed by atoms with Crippen molar-refractivity contribution in [1.29, 1.82) is 0 Å². The molecule has 2 rings (SSSR count). The fourth-order valence-electron chi connectivity index (χ4n) is 4.06. The van der Waals surface area contributed by atoms with Gasteiger partial charge in [-0.25, -0.2) is 4.79 Å². The van der Waals surface area contributed by atoms with Crippen molar-refractivity contribution in [3.63, 3.8) is 0 Å². The summed E-state index contributed by atoms with van der Waals surface area (Å²) in [5.41, 5.74) is -0.365. The third-order valence-corrected chi connectivity index (χ3v) is 6.32. The highest BCUT2D eigenvalue weighted by Crippen LogP contribution is 2.65. The lowest BCUT2D eigenvalue weighted by Crippen LogP contribution is -2.37. The van der Waals surface area contributed by atoms with Gasteiger partial charge in [0.1, 0.15) is 24.7 Å². The van der Waals surface area contributed by atoms with Crippen molar-refractivity contribution in [3.8, 4) is 0 Å². The number of esters is 1. The Morgan fingerprint density at radius 2 is 2.04 bits per heavy atom. The van der Waals surface area contributed by atoms with E-state index in [1.165, 1.54) is 0 Å². The molecule has 0 saturated heterocycles. The number of Topliss-reactive ketones (excluding diaryl/α,β-unsaturated/α-hetero) is 1. The monoisotopic (exact) mass is 348 g/mol. The van der Waals surface area contributed by atoms with Gasteiger partial charge in [0.15, 0.2) is 0 Å². The quantitative estimate of drug-likeness (QED) is 0.399. The summed E-state index contributed by atoms with van der Waals surface area (Å²) in [6.07, 6.45) is 3.18. The summed E-state index contributed by atoms with van der Waals surface area (Å²) in [6.45, 7) is 3.87. The van der Waals surface area contributed by atoms with Crippen LogP contribution >= 0.6 is 0 Å². The van der Waals surface area contributed by atoms with E-state index in [9.17, 15) is 18.0 Å². The Morgan fingerprint density at radius 1 is 1.35 bits per heavy atom. The van der Waals surface area contributed by atoms with E-state index in [-0.39, 0.29) is 24.0 Å². The van der Waals surface area contributed by atoms with Crippen LogP contribution in [0.3, 0.4) is 0 Å². The molecule has 23 heavy (non-hydrogen) atoms. The first-order chi connectivity index (χ1) is 10.6. The van der Waals surface area contributed by atoms with E-state index in [0.29, 0.717) is 24.5 Å². The molecular weight excluding hydrogens is 324 g/mol. The van der Waals surface area contributed by atoms with Gasteiger partial charge in [-0.3, -0.25) is 9.35 Å². The van der Waals surface area contributed by atoms with E-state index < -0.39 is 28.4 Å². The molecule has 2 bridgehead atoms. The van der Waals surface area contributed by atoms with Crippen LogP contribution in [0, 0.1) is 16.7 Å². The lowest BCUT2D eigenvalue weighted by Gasteiger charge is -2.36. The van der Waals surface area contributed by atoms with Crippen LogP contribution in [0.25, 0.3) is 0 Å². The number of rotatable bonds is 8. The number of hydrogen-bond donors (Lipinski definition) is 1. The normalized spacial score (nSPS) is 29.0. The largest absolute Gasteiger partial charge is 0.463 e. The molecule has 0 heterocycles. The van der Waals surface area contributed by atoms with Crippen molar-refractivity contribution >= 4 is 21.9 Å². The van der Waals surface area contributed by atoms with Gasteiger partial charge < -0.3 is 9.47 Å². The molecule has 2 aliphatic carbocycles. The first-order valence-corrected chi connectivity index (χ1v) is 9.41. The molecule has 2 saturated carbocycles. The molecule has 132 valence electrons. The predicted molar refractivity (Wildman–Crippen MR) is 81.4 cm³/mol. The Balaban J connectivity index is 1.71. The van der Waals surface area contributed by atoms with Crippen LogP contribution in [0.2, 0.25) is 0 Å². The maximum absolute atomic E-state index is 12.3. The third-order valence-electron chi connectivity index (χ3n) is 5.64. The molecule has 0 spiro atoms. The lowest BCUT2D eigenvalue weighted by molar-refractivity contribution is -0.148. The summed E-state index contributed by atoms with van der Waals surface area (Å²) >= 11 is 0. The van der Waals surface area contributed by atoms with Gasteiger partial charge in [0.25, 0.3) is 10.1 Å². The van der Waals surface area contributed by atoms with Crippen molar-refractivity contribution in [3.05, 3.63) is 0 Å². The number of carbonyl (C=O) groups is 2. The van der Waals surface area contributed by atoms with Gasteiger partial charge in [0.05, 0.1) is 0 Å². The van der Waals surface area contributed by atoms with Gasteiger partial charge in [-0.05, 0) is 30.6 Å². The van der Waals surface area contributed by atoms with Crippen molar-refractivity contribution in [2.45, 2.75) is 39.5 Å². The molecular formula is C15H24O7S. The van der Waals surface area contributed by atoms with Crippen LogP contribution in [0.1, 0.15) is 39.5 Å². The summed E-state index contributed by atoms with van der Waals surface area (Å²) in [5.74, 6) is -0.572. The molecule has 0 aliphatic heterocycles. The van der Waals surface area contributed by atoms with E-state index in [4.69, 9.17) is 9.29 Å². The Labute approximate surface area is 136 Å². The van der Waals surface area contributed by atoms with Crippen LogP contribution in [0.4, 0.5) is 0 Å². The lowest BCUT2D eigenvalue weighted by atomic mass is 9.67. The van der Waals surface area contributed by atoms with Crippen molar-refractivity contribution in [1.82, 2.24) is 0 Å². The fraction of sp³-hybridized carbons (Fsp3) is 0.867. The second-order valence-corrected chi connectivity index (χ2v) is 8.55. The molecule has 0 aromatic carbocycles. The number of carbonyl (C=O) groups excluding carboxylic acids is 2. The van der Waals surface area contributed by atoms with Gasteiger partial charge >= 0.3 is 5.97 Å². The summed E-state index contributed by atoms with van der Waals surface area (Å²) in [7, 11) is -4.14. The average Bonchev–Trinajstić information content (AvgIpc) is 2.76. The standard InChI is InChI=1S/C15H24O7S/c1-14(2)11-3-4-15(14,12(16)9-11)5-6-21-10-13(17)22-7-8-23(18,19)20/h11H,3-10H2,1-2H3,(H,18,19,20). The van der Waals surface area contributed by atoms with Crippen LogP contribution < -0.4 is 0 Å². The predicted octanol–water partition coefficient (Wildman–Crippen LogP) is 1.22. The maximum Gasteiger partial charge on any atom is 0.332 e. The molecule has 2 unspecified atom stereocenters. The summed E-state index contributed by atoms with van der Waals surface area (Å²) < 4.78 is 39.4. The van der Waals surface area contributed by atoms with E-state index >= 15 is 0 Å². The number of ether oxygens (including phenoxy) is 2. The number of fused-ring (bicyclic) bond motifs is 2. The smallest absolute Gasteiger partial charge is 0.332 e. The minimum atomic E-state index is -4.14. The Hall–Kier alpha value is -0.990. The molecule has 2 atom stereocenters. The molecule has 0 aromatic rings. The van der Waals surface area contributed by atoms with Crippen molar-refractivity contribution in [2.24, 2.45) is 16.7 Å². The zero-order valence-electron chi connectivity index (χ0n) is 13.5. The topological polar surface area (TPSA) is 107 Å². The SMILES string of the molecule is CC1(C)C2CCC1(CCOCC(=O)OCCS(=O)(=O)O)C(=O)C2. The molecule has 2 aliphatic rings. The molecule has 8 heteroatoms. The van der Waals surface area contributed by atoms with Gasteiger partial charge in [0.2, 0.25) is 0 Å². The van der Waals surface area contributed by atoms with E-state index in [1.54, 1.807) is 0 Å². The van der Waals surface area contributed by atoms with Crippen molar-refractivity contribution < 1.29 is 32.0 Å². The zero-order valence-corrected chi connectivity index (χ0v) is 14.4. The van der Waals surface area contributed by atoms with Crippen LogP contribution in [-0.2, 0) is 29.2 Å². The number of hydrogen-bond acceptors (Lipinski definition) is 6. The van der Waals surface area contributed by atoms with Crippen LogP contribution in [0.5, 0.6) is 0 Å². The van der Waals surface area contributed by atoms with Crippen LogP contribution in [-0.4, -0.2) is 50.3 Å². The van der Waals surface area contributed by atoms with Gasteiger partial charge in [-0.15, -0.1) is 0 Å². The highest BCUT2D eigenvalue weighted by Gasteiger charge is 2.63. The minimum Gasteiger partial charge on any atom is -0.463 e. The zero-order chi connectivity index (χ0) is 17.3. The number of ketones is 1. The Kier molecular flexibility index (Phi) is 5.18. The van der Waals surface area contributed by atoms with E-state index in [1.807, 2.05) is 0 Å². The highest BCUT2D eigenvalue weighted by atomic mass is 32.2. The van der Waals surface area contributed by atoms with E-state index in [2.05, 4.69) is 18.6 Å². The average molecular weight is 348 g/mol.